The molecule has 0 bridgehead atoms. The summed E-state index contributed by atoms with van der Waals surface area (Å²) in [6.07, 6.45) is 0. The largest absolute Gasteiger partial charge is 0.478 e. The third-order valence-electron chi connectivity index (χ3n) is 1.46. The van der Waals surface area contributed by atoms with Crippen molar-refractivity contribution >= 4 is 41.1 Å². The highest BCUT2D eigenvalue weighted by Gasteiger charge is 2.12. The Bertz CT molecular complexity index is 371. The van der Waals surface area contributed by atoms with Gasteiger partial charge in [0.2, 0.25) is 0 Å². The number of halogens is 2. The van der Waals surface area contributed by atoms with Gasteiger partial charge in [0.1, 0.15) is 0 Å². The molecule has 0 aromatic heterocycles. The molecule has 14 heavy (non-hydrogen) atoms. The Morgan fingerprint density at radius 1 is 1.43 bits per heavy atom. The Morgan fingerprint density at radius 2 is 2.07 bits per heavy atom. The van der Waals surface area contributed by atoms with Crippen LogP contribution in [0, 0.1) is 0 Å². The number of benzene rings is 1. The van der Waals surface area contributed by atoms with Gasteiger partial charge in [-0.1, -0.05) is 23.2 Å². The van der Waals surface area contributed by atoms with E-state index in [1.54, 1.807) is 7.05 Å². The molecule has 6 heteroatoms. The van der Waals surface area contributed by atoms with Gasteiger partial charge in [0, 0.05) is 4.90 Å². The van der Waals surface area contributed by atoms with Crippen molar-refractivity contribution < 1.29 is 9.90 Å². The zero-order valence-electron chi connectivity index (χ0n) is 7.17. The van der Waals surface area contributed by atoms with Crippen LogP contribution in [-0.4, -0.2) is 18.1 Å². The van der Waals surface area contributed by atoms with Gasteiger partial charge in [0.15, 0.2) is 0 Å². The van der Waals surface area contributed by atoms with Crippen molar-refractivity contribution in [3.63, 3.8) is 0 Å². The highest BCUT2D eigenvalue weighted by atomic mass is 35.5. The maximum absolute atomic E-state index is 10.7. The second-order valence-electron chi connectivity index (χ2n) is 2.37. The lowest BCUT2D eigenvalue weighted by Crippen LogP contribution is -1.99. The van der Waals surface area contributed by atoms with Gasteiger partial charge in [-0.15, -0.1) is 0 Å². The van der Waals surface area contributed by atoms with Crippen LogP contribution in [0.15, 0.2) is 17.0 Å². The van der Waals surface area contributed by atoms with Crippen LogP contribution in [0.2, 0.25) is 10.0 Å². The first-order valence-electron chi connectivity index (χ1n) is 3.62. The summed E-state index contributed by atoms with van der Waals surface area (Å²) in [4.78, 5) is 11.4. The van der Waals surface area contributed by atoms with Crippen molar-refractivity contribution in [1.82, 2.24) is 4.72 Å². The van der Waals surface area contributed by atoms with Crippen molar-refractivity contribution in [1.29, 1.82) is 0 Å². The molecule has 76 valence electrons. The zero-order valence-corrected chi connectivity index (χ0v) is 9.50. The summed E-state index contributed by atoms with van der Waals surface area (Å²) < 4.78 is 2.81. The summed E-state index contributed by atoms with van der Waals surface area (Å²) in [5.74, 6) is -1.07. The fourth-order valence-corrected chi connectivity index (χ4v) is 2.01. The SMILES string of the molecule is CNSc1cc(C(=O)O)c(Cl)cc1Cl. The number of aromatic carboxylic acids is 1. The van der Waals surface area contributed by atoms with E-state index in [4.69, 9.17) is 28.3 Å². The molecule has 0 amide bonds. The normalized spacial score (nSPS) is 10.2. The van der Waals surface area contributed by atoms with E-state index in [1.165, 1.54) is 24.1 Å². The summed E-state index contributed by atoms with van der Waals surface area (Å²) >= 11 is 12.8. The molecule has 1 aromatic carbocycles. The molecule has 0 saturated heterocycles. The van der Waals surface area contributed by atoms with Crippen LogP contribution in [0.1, 0.15) is 10.4 Å². The molecule has 0 unspecified atom stereocenters. The van der Waals surface area contributed by atoms with Crippen molar-refractivity contribution in [3.05, 3.63) is 27.7 Å². The van der Waals surface area contributed by atoms with Gasteiger partial charge >= 0.3 is 5.97 Å². The molecule has 0 aliphatic carbocycles. The zero-order chi connectivity index (χ0) is 10.7. The number of carboxylic acid groups (broad SMARTS) is 1. The van der Waals surface area contributed by atoms with E-state index in [2.05, 4.69) is 4.72 Å². The third-order valence-corrected chi connectivity index (χ3v) is 2.96. The molecule has 1 rings (SSSR count). The molecular weight excluding hydrogens is 245 g/mol. The van der Waals surface area contributed by atoms with Crippen LogP contribution in [0.3, 0.4) is 0 Å². The van der Waals surface area contributed by atoms with E-state index in [0.717, 1.165) is 0 Å². The number of nitrogens with one attached hydrogen (secondary N) is 1. The smallest absolute Gasteiger partial charge is 0.337 e. The average molecular weight is 252 g/mol. The van der Waals surface area contributed by atoms with Gasteiger partial charge in [0.25, 0.3) is 0 Å². The molecule has 1 aromatic rings. The van der Waals surface area contributed by atoms with Crippen LogP contribution in [0.25, 0.3) is 0 Å². The van der Waals surface area contributed by atoms with Crippen molar-refractivity contribution in [2.45, 2.75) is 4.90 Å². The Morgan fingerprint density at radius 3 is 2.57 bits per heavy atom. The standard InChI is InChI=1S/C8H7Cl2NO2S/c1-11-14-7-2-4(8(12)13)5(9)3-6(7)10/h2-3,11H,1H3,(H,12,13). The summed E-state index contributed by atoms with van der Waals surface area (Å²) in [5, 5.41) is 9.36. The number of carbonyl (C=O) groups is 1. The second kappa shape index (κ2) is 4.89. The maximum atomic E-state index is 10.7. The van der Waals surface area contributed by atoms with Gasteiger partial charge in [-0.05, 0) is 31.1 Å². The molecule has 0 spiro atoms. The first-order valence-corrected chi connectivity index (χ1v) is 5.19. The van der Waals surface area contributed by atoms with Gasteiger partial charge in [-0.2, -0.15) is 0 Å². The molecule has 0 radical (unpaired) electrons. The fourth-order valence-electron chi connectivity index (χ4n) is 0.881. The minimum atomic E-state index is -1.07. The minimum Gasteiger partial charge on any atom is -0.478 e. The van der Waals surface area contributed by atoms with E-state index in [9.17, 15) is 4.79 Å². The van der Waals surface area contributed by atoms with Gasteiger partial charge in [0.05, 0.1) is 15.6 Å². The minimum absolute atomic E-state index is 0.0498. The number of hydrogen-bond acceptors (Lipinski definition) is 3. The predicted octanol–water partition coefficient (Wildman–Crippen LogP) is 2.92. The summed E-state index contributed by atoms with van der Waals surface area (Å²) in [5.41, 5.74) is 0.0498. The molecule has 0 aliphatic rings. The number of rotatable bonds is 3. The van der Waals surface area contributed by atoms with Crippen LogP contribution in [0.4, 0.5) is 0 Å². The molecule has 0 saturated carbocycles. The van der Waals surface area contributed by atoms with Crippen molar-refractivity contribution in [2.24, 2.45) is 0 Å². The Balaban J connectivity index is 3.20. The summed E-state index contributed by atoms with van der Waals surface area (Å²) in [7, 11) is 1.72. The fraction of sp³-hybridized carbons (Fsp3) is 0.125. The highest BCUT2D eigenvalue weighted by molar-refractivity contribution is 7.97. The molecule has 3 nitrogen and oxygen atoms in total. The first-order chi connectivity index (χ1) is 6.56. The monoisotopic (exact) mass is 251 g/mol. The Labute approximate surface area is 95.5 Å². The quantitative estimate of drug-likeness (QED) is 0.812. The lowest BCUT2D eigenvalue weighted by Gasteiger charge is -2.05. The molecule has 0 heterocycles. The Kier molecular flexibility index (Phi) is 4.07. The van der Waals surface area contributed by atoms with Crippen LogP contribution in [-0.2, 0) is 0 Å². The van der Waals surface area contributed by atoms with E-state index in [1.807, 2.05) is 0 Å². The molecule has 0 atom stereocenters. The van der Waals surface area contributed by atoms with Crippen LogP contribution >= 0.6 is 35.1 Å². The van der Waals surface area contributed by atoms with E-state index in [-0.39, 0.29) is 10.6 Å². The van der Waals surface area contributed by atoms with Crippen molar-refractivity contribution in [2.75, 3.05) is 7.05 Å². The number of carboxylic acids is 1. The Hall–Kier alpha value is -0.420. The van der Waals surface area contributed by atoms with Gasteiger partial charge in [-0.3, -0.25) is 4.72 Å². The number of hydrogen-bond donors (Lipinski definition) is 2. The third kappa shape index (κ3) is 2.54. The average Bonchev–Trinajstić information content (AvgIpc) is 2.09. The van der Waals surface area contributed by atoms with Gasteiger partial charge < -0.3 is 5.11 Å². The molecule has 0 fully saturated rings. The van der Waals surface area contributed by atoms with Gasteiger partial charge in [-0.25, -0.2) is 4.79 Å². The van der Waals surface area contributed by atoms with E-state index >= 15 is 0 Å². The van der Waals surface area contributed by atoms with E-state index < -0.39 is 5.97 Å². The first kappa shape index (κ1) is 11.7. The van der Waals surface area contributed by atoms with Crippen molar-refractivity contribution in [3.8, 4) is 0 Å². The molecular formula is C8H7Cl2NO2S. The summed E-state index contributed by atoms with van der Waals surface area (Å²) in [6.45, 7) is 0. The maximum Gasteiger partial charge on any atom is 0.337 e. The predicted molar refractivity (Wildman–Crippen MR) is 58.3 cm³/mol. The summed E-state index contributed by atoms with van der Waals surface area (Å²) in [6, 6.07) is 2.86. The topological polar surface area (TPSA) is 49.3 Å². The van der Waals surface area contributed by atoms with Crippen LogP contribution < -0.4 is 4.72 Å². The molecule has 0 aliphatic heterocycles. The molecule has 2 N–H and O–H groups in total. The highest BCUT2D eigenvalue weighted by Crippen LogP contribution is 2.30. The lowest BCUT2D eigenvalue weighted by atomic mass is 10.2. The lowest BCUT2D eigenvalue weighted by molar-refractivity contribution is 0.0697. The van der Waals surface area contributed by atoms with Crippen LogP contribution in [0.5, 0.6) is 0 Å². The van der Waals surface area contributed by atoms with E-state index in [0.29, 0.717) is 9.92 Å². The second-order valence-corrected chi connectivity index (χ2v) is 4.24.